The quantitative estimate of drug-likeness (QED) is 0.704. The summed E-state index contributed by atoms with van der Waals surface area (Å²) in [6.45, 7) is 0. The average Bonchev–Trinajstić information content (AvgIpc) is 2.90. The minimum absolute atomic E-state index is 0.104. The van der Waals surface area contributed by atoms with E-state index in [9.17, 15) is 15.0 Å². The summed E-state index contributed by atoms with van der Waals surface area (Å²) in [6.07, 6.45) is 5.59. The first kappa shape index (κ1) is 13.1. The summed E-state index contributed by atoms with van der Waals surface area (Å²) in [5.74, 6) is 6.96. The van der Waals surface area contributed by atoms with E-state index in [0.29, 0.717) is 24.5 Å². The molecule has 3 nitrogen and oxygen atoms in total. The second-order valence-corrected chi connectivity index (χ2v) is 6.39. The van der Waals surface area contributed by atoms with Crippen LogP contribution in [0.2, 0.25) is 0 Å². The summed E-state index contributed by atoms with van der Waals surface area (Å²) in [7, 11) is 0. The molecule has 2 N–H and O–H groups in total. The van der Waals surface area contributed by atoms with Crippen molar-refractivity contribution in [1.82, 2.24) is 0 Å². The Labute approximate surface area is 114 Å². The molecule has 0 spiro atoms. The van der Waals surface area contributed by atoms with Gasteiger partial charge in [0.25, 0.3) is 0 Å². The SMILES string of the molecule is O=C1C[C@@H]2[C@@H](C#C[C@@H](O)C3CCCC3)[C@H](O)CC[C@H]12. The van der Waals surface area contributed by atoms with Gasteiger partial charge in [-0.2, -0.15) is 0 Å². The van der Waals surface area contributed by atoms with Crippen LogP contribution in [0.4, 0.5) is 0 Å². The molecule has 3 saturated carbocycles. The molecule has 0 heterocycles. The highest BCUT2D eigenvalue weighted by Crippen LogP contribution is 2.45. The van der Waals surface area contributed by atoms with E-state index in [1.54, 1.807) is 0 Å². The van der Waals surface area contributed by atoms with Gasteiger partial charge in [0.1, 0.15) is 11.9 Å². The molecule has 0 bridgehead atoms. The molecule has 0 aliphatic heterocycles. The van der Waals surface area contributed by atoms with E-state index in [2.05, 4.69) is 11.8 Å². The Bertz CT molecular complexity index is 413. The standard InChI is InChI=1S/C16H22O3/c17-14(10-3-1-2-4-10)7-5-11-13-9-16(19)12(13)6-8-15(11)18/h10-15,17-18H,1-4,6,8-9H2/t11-,12+,13-,14-,15-/m1/s1. The minimum atomic E-state index is -0.550. The van der Waals surface area contributed by atoms with Gasteiger partial charge in [0, 0.05) is 12.3 Å². The van der Waals surface area contributed by atoms with Gasteiger partial charge < -0.3 is 10.2 Å². The Morgan fingerprint density at radius 3 is 2.58 bits per heavy atom. The molecule has 0 amide bonds. The lowest BCUT2D eigenvalue weighted by molar-refractivity contribution is -0.141. The fourth-order valence-corrected chi connectivity index (χ4v) is 3.95. The van der Waals surface area contributed by atoms with Gasteiger partial charge in [-0.25, -0.2) is 0 Å². The summed E-state index contributed by atoms with van der Waals surface area (Å²) < 4.78 is 0. The molecule has 0 aromatic carbocycles. The van der Waals surface area contributed by atoms with Gasteiger partial charge in [-0.15, -0.1) is 0 Å². The first-order valence-corrected chi connectivity index (χ1v) is 7.56. The van der Waals surface area contributed by atoms with Crippen LogP contribution in [0.5, 0.6) is 0 Å². The summed E-state index contributed by atoms with van der Waals surface area (Å²) >= 11 is 0. The van der Waals surface area contributed by atoms with Crippen LogP contribution in [-0.4, -0.2) is 28.2 Å². The first-order chi connectivity index (χ1) is 9.16. The van der Waals surface area contributed by atoms with Crippen LogP contribution in [0, 0.1) is 35.5 Å². The number of rotatable bonds is 1. The minimum Gasteiger partial charge on any atom is -0.392 e. The van der Waals surface area contributed by atoms with E-state index in [-0.39, 0.29) is 17.8 Å². The number of fused-ring (bicyclic) bond motifs is 1. The number of carbonyl (C=O) groups excluding carboxylic acids is 1. The van der Waals surface area contributed by atoms with E-state index >= 15 is 0 Å². The number of ketones is 1. The molecular formula is C16H22O3. The highest BCUT2D eigenvalue weighted by Gasteiger charge is 2.48. The van der Waals surface area contributed by atoms with Crippen molar-refractivity contribution < 1.29 is 15.0 Å². The monoisotopic (exact) mass is 262 g/mol. The molecular weight excluding hydrogens is 240 g/mol. The molecule has 0 saturated heterocycles. The molecule has 0 radical (unpaired) electrons. The molecule has 0 aromatic heterocycles. The van der Waals surface area contributed by atoms with E-state index < -0.39 is 12.2 Å². The maximum Gasteiger partial charge on any atom is 0.136 e. The van der Waals surface area contributed by atoms with Crippen molar-refractivity contribution in [2.24, 2.45) is 23.7 Å². The highest BCUT2D eigenvalue weighted by atomic mass is 16.3. The number of Topliss-reactive ketones (excluding diaryl/α,β-unsaturated/α-hetero) is 1. The number of hydrogen-bond donors (Lipinski definition) is 2. The van der Waals surface area contributed by atoms with Crippen molar-refractivity contribution in [3.63, 3.8) is 0 Å². The van der Waals surface area contributed by atoms with Crippen LogP contribution in [0.1, 0.15) is 44.9 Å². The second-order valence-electron chi connectivity index (χ2n) is 6.39. The smallest absolute Gasteiger partial charge is 0.136 e. The second kappa shape index (κ2) is 5.26. The van der Waals surface area contributed by atoms with Crippen LogP contribution in [0.25, 0.3) is 0 Å². The lowest BCUT2D eigenvalue weighted by Gasteiger charge is -2.44. The molecule has 0 aromatic rings. The zero-order valence-corrected chi connectivity index (χ0v) is 11.2. The van der Waals surface area contributed by atoms with Crippen molar-refractivity contribution in [3.8, 4) is 11.8 Å². The highest BCUT2D eigenvalue weighted by molar-refractivity contribution is 5.87. The normalized spacial score (nSPS) is 40.0. The average molecular weight is 262 g/mol. The Kier molecular flexibility index (Phi) is 3.64. The van der Waals surface area contributed by atoms with Gasteiger partial charge in [-0.05, 0) is 37.5 Å². The molecule has 0 unspecified atom stereocenters. The summed E-state index contributed by atoms with van der Waals surface area (Å²) in [4.78, 5) is 11.5. The topological polar surface area (TPSA) is 57.5 Å². The van der Waals surface area contributed by atoms with Crippen molar-refractivity contribution >= 4 is 5.78 Å². The predicted molar refractivity (Wildman–Crippen MR) is 71.1 cm³/mol. The third kappa shape index (κ3) is 2.44. The van der Waals surface area contributed by atoms with Gasteiger partial charge in [0.05, 0.1) is 12.0 Å². The van der Waals surface area contributed by atoms with E-state index in [0.717, 1.165) is 19.3 Å². The molecule has 104 valence electrons. The van der Waals surface area contributed by atoms with Crippen molar-refractivity contribution in [3.05, 3.63) is 0 Å². The van der Waals surface area contributed by atoms with Gasteiger partial charge in [0.15, 0.2) is 0 Å². The zero-order valence-electron chi connectivity index (χ0n) is 11.2. The Hall–Kier alpha value is -0.850. The van der Waals surface area contributed by atoms with E-state index in [1.165, 1.54) is 12.8 Å². The first-order valence-electron chi connectivity index (χ1n) is 7.56. The number of aliphatic hydroxyl groups excluding tert-OH is 2. The molecule has 3 aliphatic carbocycles. The van der Waals surface area contributed by atoms with Gasteiger partial charge in [-0.1, -0.05) is 24.7 Å². The third-order valence-electron chi connectivity index (χ3n) is 5.26. The maximum absolute atomic E-state index is 11.5. The summed E-state index contributed by atoms with van der Waals surface area (Å²) in [5.41, 5.74) is 0. The Balaban J connectivity index is 1.66. The van der Waals surface area contributed by atoms with Crippen LogP contribution in [0.15, 0.2) is 0 Å². The van der Waals surface area contributed by atoms with E-state index in [4.69, 9.17) is 0 Å². The molecule has 3 fully saturated rings. The van der Waals surface area contributed by atoms with Gasteiger partial charge in [0.2, 0.25) is 0 Å². The van der Waals surface area contributed by atoms with Crippen molar-refractivity contribution in [1.29, 1.82) is 0 Å². The van der Waals surface area contributed by atoms with Crippen LogP contribution in [-0.2, 0) is 4.79 Å². The zero-order chi connectivity index (χ0) is 13.4. The maximum atomic E-state index is 11.5. The van der Waals surface area contributed by atoms with Crippen LogP contribution in [0.3, 0.4) is 0 Å². The van der Waals surface area contributed by atoms with Gasteiger partial charge >= 0.3 is 0 Å². The van der Waals surface area contributed by atoms with Crippen LogP contribution >= 0.6 is 0 Å². The lowest BCUT2D eigenvalue weighted by atomic mass is 9.59. The number of carbonyl (C=O) groups is 1. The summed E-state index contributed by atoms with van der Waals surface area (Å²) in [5, 5.41) is 20.1. The summed E-state index contributed by atoms with van der Waals surface area (Å²) in [6, 6.07) is 0. The van der Waals surface area contributed by atoms with Gasteiger partial charge in [-0.3, -0.25) is 4.79 Å². The fourth-order valence-electron chi connectivity index (χ4n) is 3.95. The van der Waals surface area contributed by atoms with Crippen molar-refractivity contribution in [2.45, 2.75) is 57.2 Å². The fraction of sp³-hybridized carbons (Fsp3) is 0.812. The molecule has 3 heteroatoms. The van der Waals surface area contributed by atoms with E-state index in [1.807, 2.05) is 0 Å². The number of aliphatic hydroxyl groups is 2. The van der Waals surface area contributed by atoms with Crippen LogP contribution < -0.4 is 0 Å². The molecule has 3 rings (SSSR count). The molecule has 19 heavy (non-hydrogen) atoms. The van der Waals surface area contributed by atoms with Crippen molar-refractivity contribution in [2.75, 3.05) is 0 Å². The molecule has 3 aliphatic rings. The molecule has 5 atom stereocenters. The Morgan fingerprint density at radius 1 is 1.16 bits per heavy atom. The Morgan fingerprint density at radius 2 is 1.89 bits per heavy atom. The largest absolute Gasteiger partial charge is 0.392 e. The predicted octanol–water partition coefficient (Wildman–Crippen LogP) is 1.52. The lowest BCUT2D eigenvalue weighted by Crippen LogP contribution is -2.49. The number of hydrogen-bond acceptors (Lipinski definition) is 3. The third-order valence-corrected chi connectivity index (χ3v) is 5.26.